The van der Waals surface area contributed by atoms with Gasteiger partial charge >= 0.3 is 0 Å². The molecule has 2 aromatic heterocycles. The number of nitrogens with one attached hydrogen (secondary N) is 3. The van der Waals surface area contributed by atoms with Crippen molar-refractivity contribution in [3.8, 4) is 11.1 Å². The SMILES string of the molecule is Cc1ccc(CNC(=O)[C@@H]2Cc3c([nH]c4ccccc34)[C@@H](c3ccc(-c4ccccc4)cc3)N2)o1. The highest BCUT2D eigenvalue weighted by molar-refractivity contribution is 5.88. The van der Waals surface area contributed by atoms with Crippen molar-refractivity contribution in [3.63, 3.8) is 0 Å². The standard InChI is InChI=1S/C30H27N3O2/c1-19-11-16-23(35-19)18-31-30(34)27-17-25-24-9-5-6-10-26(24)32-29(25)28(33-27)22-14-12-21(13-15-22)20-7-3-2-4-8-20/h2-16,27-28,32-33H,17-18H2,1H3,(H,31,34)/t27-,28+/m0/s1. The summed E-state index contributed by atoms with van der Waals surface area (Å²) < 4.78 is 5.62. The highest BCUT2D eigenvalue weighted by atomic mass is 16.3. The number of aromatic nitrogens is 1. The summed E-state index contributed by atoms with van der Waals surface area (Å²) in [5.74, 6) is 1.57. The number of carbonyl (C=O) groups is 1. The number of benzene rings is 3. The summed E-state index contributed by atoms with van der Waals surface area (Å²) in [6.45, 7) is 2.28. The van der Waals surface area contributed by atoms with Crippen LogP contribution < -0.4 is 10.6 Å². The molecule has 0 fully saturated rings. The molecule has 0 unspecified atom stereocenters. The molecule has 5 nitrogen and oxygen atoms in total. The fourth-order valence-electron chi connectivity index (χ4n) is 5.04. The molecule has 3 aromatic carbocycles. The van der Waals surface area contributed by atoms with E-state index in [4.69, 9.17) is 4.42 Å². The van der Waals surface area contributed by atoms with Gasteiger partial charge in [-0.1, -0.05) is 72.8 Å². The van der Waals surface area contributed by atoms with Gasteiger partial charge in [0.2, 0.25) is 5.91 Å². The van der Waals surface area contributed by atoms with Crippen LogP contribution in [0.1, 0.15) is 34.4 Å². The molecule has 1 aliphatic heterocycles. The lowest BCUT2D eigenvalue weighted by Gasteiger charge is -2.31. The largest absolute Gasteiger partial charge is 0.465 e. The summed E-state index contributed by atoms with van der Waals surface area (Å²) in [6.07, 6.45) is 0.626. The van der Waals surface area contributed by atoms with Gasteiger partial charge in [0.15, 0.2) is 0 Å². The van der Waals surface area contributed by atoms with Gasteiger partial charge in [0.05, 0.1) is 18.6 Å². The molecule has 1 aliphatic rings. The number of carbonyl (C=O) groups excluding carboxylic acids is 1. The maximum absolute atomic E-state index is 13.2. The van der Waals surface area contributed by atoms with Gasteiger partial charge in [-0.3, -0.25) is 10.1 Å². The molecule has 1 amide bonds. The van der Waals surface area contributed by atoms with Crippen molar-refractivity contribution in [2.45, 2.75) is 32.0 Å². The summed E-state index contributed by atoms with van der Waals surface area (Å²) in [7, 11) is 0. The van der Waals surface area contributed by atoms with Crippen molar-refractivity contribution in [2.75, 3.05) is 0 Å². The van der Waals surface area contributed by atoms with Crippen molar-refractivity contribution >= 4 is 16.8 Å². The average molecular weight is 462 g/mol. The first-order valence-corrected chi connectivity index (χ1v) is 12.0. The smallest absolute Gasteiger partial charge is 0.237 e. The first-order chi connectivity index (χ1) is 17.2. The van der Waals surface area contributed by atoms with Gasteiger partial charge in [0.25, 0.3) is 0 Å². The number of para-hydroxylation sites is 1. The molecule has 0 aliphatic carbocycles. The third-order valence-electron chi connectivity index (χ3n) is 6.81. The van der Waals surface area contributed by atoms with E-state index in [1.54, 1.807) is 0 Å². The molecule has 6 rings (SSSR count). The van der Waals surface area contributed by atoms with Crippen molar-refractivity contribution in [1.82, 2.24) is 15.6 Å². The predicted octanol–water partition coefficient (Wildman–Crippen LogP) is 5.66. The topological polar surface area (TPSA) is 70.1 Å². The van der Waals surface area contributed by atoms with Gasteiger partial charge in [0, 0.05) is 16.6 Å². The molecule has 0 saturated carbocycles. The van der Waals surface area contributed by atoms with E-state index in [0.717, 1.165) is 28.3 Å². The molecule has 35 heavy (non-hydrogen) atoms. The van der Waals surface area contributed by atoms with Crippen LogP contribution in [0.15, 0.2) is 95.4 Å². The number of aromatic amines is 1. The van der Waals surface area contributed by atoms with Crippen molar-refractivity contribution in [3.05, 3.63) is 119 Å². The van der Waals surface area contributed by atoms with Crippen LogP contribution in [0.4, 0.5) is 0 Å². The molecular weight excluding hydrogens is 434 g/mol. The Bertz CT molecular complexity index is 1480. The molecule has 3 N–H and O–H groups in total. The van der Waals surface area contributed by atoms with Gasteiger partial charge in [-0.15, -0.1) is 0 Å². The van der Waals surface area contributed by atoms with Crippen LogP contribution in [0.3, 0.4) is 0 Å². The number of amides is 1. The number of hydrogen-bond donors (Lipinski definition) is 3. The van der Waals surface area contributed by atoms with Crippen LogP contribution in [0, 0.1) is 6.92 Å². The normalized spacial score (nSPS) is 17.3. The van der Waals surface area contributed by atoms with E-state index < -0.39 is 0 Å². The zero-order valence-electron chi connectivity index (χ0n) is 19.5. The van der Waals surface area contributed by atoms with Gasteiger partial charge in [-0.2, -0.15) is 0 Å². The predicted molar refractivity (Wildman–Crippen MR) is 138 cm³/mol. The minimum Gasteiger partial charge on any atom is -0.465 e. The number of H-pyrrole nitrogens is 1. The first kappa shape index (κ1) is 21.4. The van der Waals surface area contributed by atoms with Gasteiger partial charge in [-0.05, 0) is 53.8 Å². The van der Waals surface area contributed by atoms with Crippen LogP contribution in [0.2, 0.25) is 0 Å². The molecule has 2 atom stereocenters. The van der Waals surface area contributed by atoms with Crippen LogP contribution in [-0.4, -0.2) is 16.9 Å². The van der Waals surface area contributed by atoms with E-state index in [2.05, 4.69) is 82.3 Å². The molecule has 174 valence electrons. The minimum absolute atomic E-state index is 0.0270. The van der Waals surface area contributed by atoms with E-state index in [1.807, 2.05) is 31.2 Å². The molecule has 0 bridgehead atoms. The molecule has 5 heteroatoms. The van der Waals surface area contributed by atoms with Crippen molar-refractivity contribution < 1.29 is 9.21 Å². The number of aryl methyl sites for hydroxylation is 1. The van der Waals surface area contributed by atoms with Crippen LogP contribution in [0.5, 0.6) is 0 Å². The summed E-state index contributed by atoms with van der Waals surface area (Å²) in [4.78, 5) is 16.9. The van der Waals surface area contributed by atoms with Gasteiger partial charge < -0.3 is 14.7 Å². The quantitative estimate of drug-likeness (QED) is 0.316. The van der Waals surface area contributed by atoms with Crippen molar-refractivity contribution in [2.24, 2.45) is 0 Å². The maximum Gasteiger partial charge on any atom is 0.237 e. The zero-order valence-corrected chi connectivity index (χ0v) is 19.5. The Morgan fingerprint density at radius 1 is 0.914 bits per heavy atom. The third kappa shape index (κ3) is 4.15. The lowest BCUT2D eigenvalue weighted by Crippen LogP contribution is -2.49. The Labute approximate surface area is 204 Å². The molecule has 0 saturated heterocycles. The Hall–Kier alpha value is -4.09. The molecule has 3 heterocycles. The minimum atomic E-state index is -0.350. The zero-order chi connectivity index (χ0) is 23.8. The monoisotopic (exact) mass is 461 g/mol. The lowest BCUT2D eigenvalue weighted by molar-refractivity contribution is -0.123. The molecule has 0 spiro atoms. The van der Waals surface area contributed by atoms with Crippen LogP contribution in [-0.2, 0) is 17.8 Å². The molecule has 0 radical (unpaired) electrons. The maximum atomic E-state index is 13.2. The Morgan fingerprint density at radius 2 is 1.66 bits per heavy atom. The Morgan fingerprint density at radius 3 is 2.43 bits per heavy atom. The number of furan rings is 1. The lowest BCUT2D eigenvalue weighted by atomic mass is 9.89. The van der Waals surface area contributed by atoms with Gasteiger partial charge in [0.1, 0.15) is 11.5 Å². The number of rotatable bonds is 5. The average Bonchev–Trinajstić information content (AvgIpc) is 3.50. The first-order valence-electron chi connectivity index (χ1n) is 12.0. The fraction of sp³-hybridized carbons (Fsp3) is 0.167. The van der Waals surface area contributed by atoms with Crippen molar-refractivity contribution in [1.29, 1.82) is 0 Å². The second-order valence-corrected chi connectivity index (χ2v) is 9.14. The Kier molecular flexibility index (Phi) is 5.47. The molecule has 5 aromatic rings. The van der Waals surface area contributed by atoms with E-state index in [-0.39, 0.29) is 18.0 Å². The summed E-state index contributed by atoms with van der Waals surface area (Å²) in [6, 6.07) is 30.6. The summed E-state index contributed by atoms with van der Waals surface area (Å²) in [5, 5.41) is 7.84. The Balaban J connectivity index is 1.32. The van der Waals surface area contributed by atoms with E-state index in [1.165, 1.54) is 22.1 Å². The highest BCUT2D eigenvalue weighted by Crippen LogP contribution is 2.36. The van der Waals surface area contributed by atoms with E-state index >= 15 is 0 Å². The van der Waals surface area contributed by atoms with Gasteiger partial charge in [-0.25, -0.2) is 0 Å². The van der Waals surface area contributed by atoms with Crippen LogP contribution in [0.25, 0.3) is 22.0 Å². The fourth-order valence-corrected chi connectivity index (χ4v) is 5.04. The summed E-state index contributed by atoms with van der Waals surface area (Å²) in [5.41, 5.74) is 6.90. The number of fused-ring (bicyclic) bond motifs is 3. The van der Waals surface area contributed by atoms with E-state index in [9.17, 15) is 4.79 Å². The second-order valence-electron chi connectivity index (χ2n) is 9.14. The second kappa shape index (κ2) is 8.93. The van der Waals surface area contributed by atoms with Crippen LogP contribution >= 0.6 is 0 Å². The summed E-state index contributed by atoms with van der Waals surface area (Å²) >= 11 is 0. The molecular formula is C30H27N3O2. The van der Waals surface area contributed by atoms with E-state index in [0.29, 0.717) is 13.0 Å². The number of hydrogen-bond acceptors (Lipinski definition) is 3. The third-order valence-corrected chi connectivity index (χ3v) is 6.81. The highest BCUT2D eigenvalue weighted by Gasteiger charge is 2.33.